The van der Waals surface area contributed by atoms with E-state index in [-0.39, 0.29) is 12.3 Å². The number of anilines is 1. The van der Waals surface area contributed by atoms with Crippen LogP contribution in [-0.2, 0) is 29.0 Å². The summed E-state index contributed by atoms with van der Waals surface area (Å²) < 4.78 is 1.05. The van der Waals surface area contributed by atoms with E-state index in [1.165, 1.54) is 5.56 Å². The topological polar surface area (TPSA) is 69.6 Å². The number of allylic oxidation sites excluding steroid dienone is 2. The molecule has 6 heteroatoms. The highest BCUT2D eigenvalue weighted by Crippen LogP contribution is 2.41. The third kappa shape index (κ3) is 6.12. The predicted molar refractivity (Wildman–Crippen MR) is 154 cm³/mol. The second-order valence-corrected chi connectivity index (χ2v) is 10.6. The molecule has 1 amide bonds. The molecule has 0 saturated heterocycles. The van der Waals surface area contributed by atoms with Crippen LogP contribution in [-0.4, -0.2) is 36.0 Å². The van der Waals surface area contributed by atoms with Gasteiger partial charge in [0.15, 0.2) is 0 Å². The molecule has 0 aromatic heterocycles. The predicted octanol–water partition coefficient (Wildman–Crippen LogP) is 6.03. The lowest BCUT2D eigenvalue weighted by molar-refractivity contribution is -0.137. The summed E-state index contributed by atoms with van der Waals surface area (Å²) in [5.74, 6) is -0.958. The molecule has 1 aliphatic heterocycles. The van der Waals surface area contributed by atoms with Crippen molar-refractivity contribution in [3.63, 3.8) is 0 Å². The summed E-state index contributed by atoms with van der Waals surface area (Å²) in [6.07, 6.45) is 1.15. The average Bonchev–Trinajstić information content (AvgIpc) is 3.14. The molecule has 2 N–H and O–H groups in total. The number of hydrogen-bond donors (Lipinski definition) is 2. The van der Waals surface area contributed by atoms with Crippen molar-refractivity contribution in [1.82, 2.24) is 4.90 Å². The molecule has 36 heavy (non-hydrogen) atoms. The van der Waals surface area contributed by atoms with E-state index in [1.807, 2.05) is 56.6 Å². The zero-order valence-electron chi connectivity index (χ0n) is 20.5. The second-order valence-electron chi connectivity index (χ2n) is 9.32. The number of nitrogens with one attached hydrogen (secondary N) is 1. The number of hydrogen-bond acceptors (Lipinski definition) is 3. The maximum Gasteiger partial charge on any atom is 0.303 e. The molecular weight excluding hydrogens is 563 g/mol. The number of aliphatic carboxylic acids is 1. The van der Waals surface area contributed by atoms with E-state index in [1.54, 1.807) is 0 Å². The van der Waals surface area contributed by atoms with Crippen LogP contribution in [0.5, 0.6) is 0 Å². The fourth-order valence-electron chi connectivity index (χ4n) is 4.47. The Morgan fingerprint density at radius 3 is 2.25 bits per heavy atom. The first-order chi connectivity index (χ1) is 17.2. The molecule has 1 heterocycles. The van der Waals surface area contributed by atoms with E-state index < -0.39 is 5.97 Å². The number of carbonyl (C=O) groups is 2. The molecule has 0 atom stereocenters. The van der Waals surface area contributed by atoms with Gasteiger partial charge in [-0.3, -0.25) is 9.59 Å². The first kappa shape index (κ1) is 25.9. The summed E-state index contributed by atoms with van der Waals surface area (Å²) in [5, 5.41) is 12.0. The Balaban J connectivity index is 1.73. The summed E-state index contributed by atoms with van der Waals surface area (Å²) in [7, 11) is 4.10. The number of carbonyl (C=O) groups excluding carboxylic acids is 1. The molecule has 0 bridgehead atoms. The van der Waals surface area contributed by atoms with Gasteiger partial charge < -0.3 is 15.3 Å². The monoisotopic (exact) mass is 592 g/mol. The Morgan fingerprint density at radius 2 is 1.61 bits per heavy atom. The summed E-state index contributed by atoms with van der Waals surface area (Å²) >= 11 is 2.24. The van der Waals surface area contributed by atoms with Crippen LogP contribution in [0.1, 0.15) is 34.2 Å². The van der Waals surface area contributed by atoms with Crippen molar-refractivity contribution in [1.29, 1.82) is 0 Å². The minimum atomic E-state index is -0.819. The molecule has 184 valence electrons. The van der Waals surface area contributed by atoms with Crippen LogP contribution >= 0.6 is 22.6 Å². The Morgan fingerprint density at radius 1 is 0.972 bits per heavy atom. The summed E-state index contributed by atoms with van der Waals surface area (Å²) in [4.78, 5) is 26.3. The van der Waals surface area contributed by atoms with Crippen LogP contribution in [0.3, 0.4) is 0 Å². The molecule has 0 saturated carbocycles. The fourth-order valence-corrected chi connectivity index (χ4v) is 4.96. The zero-order valence-corrected chi connectivity index (χ0v) is 22.6. The van der Waals surface area contributed by atoms with Crippen LogP contribution in [0.15, 0.2) is 78.9 Å². The van der Waals surface area contributed by atoms with Gasteiger partial charge in [-0.25, -0.2) is 0 Å². The van der Waals surface area contributed by atoms with Crippen LogP contribution in [0.25, 0.3) is 11.1 Å². The third-order valence-corrected chi connectivity index (χ3v) is 6.81. The van der Waals surface area contributed by atoms with Crippen LogP contribution in [0.2, 0.25) is 0 Å². The minimum absolute atomic E-state index is 0.0816. The Hall–Kier alpha value is -3.23. The van der Waals surface area contributed by atoms with Gasteiger partial charge in [0.25, 0.3) is 5.91 Å². The van der Waals surface area contributed by atoms with Crippen molar-refractivity contribution in [2.75, 3.05) is 19.4 Å². The van der Waals surface area contributed by atoms with Gasteiger partial charge in [-0.2, -0.15) is 0 Å². The summed E-state index contributed by atoms with van der Waals surface area (Å²) in [6.45, 7) is 5.30. The maximum absolute atomic E-state index is 13.2. The number of halogens is 1. The molecule has 4 rings (SSSR count). The highest BCUT2D eigenvalue weighted by molar-refractivity contribution is 14.1. The summed E-state index contributed by atoms with van der Waals surface area (Å²) in [6, 6.07) is 22.2. The SMILES string of the molecule is C=C(Cc1ccc(CN(C)C)cc1)/C(=C1\C(=O)Nc2cc(I)ccc21)c1ccc(CCC(=O)O)cc1. The van der Waals surface area contributed by atoms with Crippen LogP contribution in [0.4, 0.5) is 5.69 Å². The molecule has 3 aromatic carbocycles. The van der Waals surface area contributed by atoms with E-state index in [0.29, 0.717) is 18.4 Å². The van der Waals surface area contributed by atoms with E-state index >= 15 is 0 Å². The highest BCUT2D eigenvalue weighted by atomic mass is 127. The smallest absolute Gasteiger partial charge is 0.303 e. The first-order valence-electron chi connectivity index (χ1n) is 11.8. The van der Waals surface area contributed by atoms with Gasteiger partial charge in [0.2, 0.25) is 0 Å². The van der Waals surface area contributed by atoms with Gasteiger partial charge in [0.05, 0.1) is 11.3 Å². The second kappa shape index (κ2) is 11.2. The fraction of sp³-hybridized carbons (Fsp3) is 0.200. The molecule has 0 fully saturated rings. The molecule has 5 nitrogen and oxygen atoms in total. The van der Waals surface area contributed by atoms with Gasteiger partial charge in [0, 0.05) is 22.1 Å². The van der Waals surface area contributed by atoms with E-state index in [0.717, 1.165) is 49.2 Å². The van der Waals surface area contributed by atoms with Gasteiger partial charge in [-0.1, -0.05) is 61.2 Å². The molecule has 1 aliphatic rings. The normalized spacial score (nSPS) is 13.9. The maximum atomic E-state index is 13.2. The van der Waals surface area contributed by atoms with Crippen molar-refractivity contribution in [2.45, 2.75) is 25.8 Å². The third-order valence-electron chi connectivity index (χ3n) is 6.14. The van der Waals surface area contributed by atoms with Gasteiger partial charge in [0.1, 0.15) is 0 Å². The lowest BCUT2D eigenvalue weighted by atomic mass is 9.87. The van der Waals surface area contributed by atoms with Gasteiger partial charge in [-0.05, 0) is 95.1 Å². The minimum Gasteiger partial charge on any atom is -0.481 e. The molecule has 0 radical (unpaired) electrons. The van der Waals surface area contributed by atoms with E-state index in [9.17, 15) is 9.59 Å². The number of carboxylic acid groups (broad SMARTS) is 1. The van der Waals surface area contributed by atoms with Crippen molar-refractivity contribution in [3.05, 3.63) is 110 Å². The molecule has 0 unspecified atom stereocenters. The number of amides is 1. The number of aryl methyl sites for hydroxylation is 1. The Kier molecular flexibility index (Phi) is 8.06. The quantitative estimate of drug-likeness (QED) is 0.235. The largest absolute Gasteiger partial charge is 0.481 e. The Labute approximate surface area is 225 Å². The van der Waals surface area contributed by atoms with Gasteiger partial charge in [-0.15, -0.1) is 0 Å². The molecule has 0 aliphatic carbocycles. The number of carboxylic acids is 1. The van der Waals surface area contributed by atoms with Crippen molar-refractivity contribution in [3.8, 4) is 0 Å². The van der Waals surface area contributed by atoms with Crippen molar-refractivity contribution in [2.24, 2.45) is 0 Å². The lowest BCUT2D eigenvalue weighted by Crippen LogP contribution is -2.10. The van der Waals surface area contributed by atoms with Crippen molar-refractivity contribution >= 4 is 51.3 Å². The van der Waals surface area contributed by atoms with E-state index in [4.69, 9.17) is 5.11 Å². The number of benzene rings is 3. The average molecular weight is 592 g/mol. The zero-order chi connectivity index (χ0) is 25.8. The molecule has 3 aromatic rings. The highest BCUT2D eigenvalue weighted by Gasteiger charge is 2.29. The van der Waals surface area contributed by atoms with Crippen LogP contribution < -0.4 is 5.32 Å². The number of nitrogens with zero attached hydrogens (tertiary/aromatic N) is 1. The van der Waals surface area contributed by atoms with E-state index in [2.05, 4.69) is 63.7 Å². The lowest BCUT2D eigenvalue weighted by Gasteiger charge is -2.16. The first-order valence-corrected chi connectivity index (χ1v) is 12.9. The summed E-state index contributed by atoms with van der Waals surface area (Å²) in [5.41, 5.74) is 8.15. The number of fused-ring (bicyclic) bond motifs is 1. The molecular formula is C30H29IN2O3. The van der Waals surface area contributed by atoms with Crippen LogP contribution in [0, 0.1) is 3.57 Å². The Bertz CT molecular complexity index is 1340. The number of rotatable bonds is 9. The van der Waals surface area contributed by atoms with Gasteiger partial charge >= 0.3 is 5.97 Å². The van der Waals surface area contributed by atoms with Crippen molar-refractivity contribution < 1.29 is 14.7 Å². The molecule has 0 spiro atoms. The standard InChI is InChI=1S/C30H29IN2O3/c1-19(16-21-4-6-22(7-5-21)18-33(2)3)28(23-11-8-20(9-12-23)10-15-27(34)35)29-25-14-13-24(31)17-26(25)32-30(29)36/h4-9,11-14,17H,1,10,15-16,18H2,2-3H3,(H,32,36)(H,34,35)/b29-28+.